The van der Waals surface area contributed by atoms with Crippen LogP contribution >= 0.6 is 0 Å². The van der Waals surface area contributed by atoms with Gasteiger partial charge in [-0.3, -0.25) is 4.79 Å². The van der Waals surface area contributed by atoms with Crippen molar-refractivity contribution in [2.45, 2.75) is 24.7 Å². The lowest BCUT2D eigenvalue weighted by atomic mass is 10.1. The molecule has 10 heteroatoms. The molecule has 164 valence electrons. The van der Waals surface area contributed by atoms with Gasteiger partial charge < -0.3 is 9.30 Å². The number of nitriles is 1. The molecule has 1 aliphatic heterocycles. The Hall–Kier alpha value is -3.00. The van der Waals surface area contributed by atoms with Crippen LogP contribution in [-0.4, -0.2) is 55.7 Å². The van der Waals surface area contributed by atoms with Crippen molar-refractivity contribution < 1.29 is 17.9 Å². The first-order chi connectivity index (χ1) is 14.8. The molecule has 0 atom stereocenters. The van der Waals surface area contributed by atoms with Crippen LogP contribution in [0.4, 0.5) is 0 Å². The van der Waals surface area contributed by atoms with Crippen molar-refractivity contribution in [1.82, 2.24) is 14.3 Å². The van der Waals surface area contributed by atoms with Crippen LogP contribution < -0.4 is 5.43 Å². The first kappa shape index (κ1) is 22.7. The fourth-order valence-corrected chi connectivity index (χ4v) is 4.62. The van der Waals surface area contributed by atoms with Gasteiger partial charge in [-0.1, -0.05) is 12.1 Å². The van der Waals surface area contributed by atoms with Gasteiger partial charge in [-0.25, -0.2) is 13.8 Å². The van der Waals surface area contributed by atoms with Gasteiger partial charge in [0.05, 0.1) is 24.3 Å². The molecule has 1 N–H and O–H groups in total. The number of sulfonamides is 1. The zero-order valence-corrected chi connectivity index (χ0v) is 18.4. The number of morpholine rings is 1. The molecule has 31 heavy (non-hydrogen) atoms. The van der Waals surface area contributed by atoms with Crippen LogP contribution in [0.5, 0.6) is 0 Å². The van der Waals surface area contributed by atoms with Crippen molar-refractivity contribution in [1.29, 1.82) is 5.26 Å². The highest BCUT2D eigenvalue weighted by Crippen LogP contribution is 2.18. The van der Waals surface area contributed by atoms with Crippen molar-refractivity contribution in [3.8, 4) is 6.07 Å². The van der Waals surface area contributed by atoms with E-state index in [0.29, 0.717) is 38.4 Å². The summed E-state index contributed by atoms with van der Waals surface area (Å²) >= 11 is 0. The Morgan fingerprint density at radius 1 is 1.29 bits per heavy atom. The monoisotopic (exact) mass is 443 g/mol. The maximum atomic E-state index is 12.6. The highest BCUT2D eigenvalue weighted by molar-refractivity contribution is 7.89. The fraction of sp³-hybridized carbons (Fsp3) is 0.381. The first-order valence-electron chi connectivity index (χ1n) is 9.88. The molecule has 0 radical (unpaired) electrons. The van der Waals surface area contributed by atoms with E-state index < -0.39 is 10.0 Å². The number of carbonyl (C=O) groups excluding carboxylic acids is 1. The third-order valence-corrected chi connectivity index (χ3v) is 7.17. The number of carbonyl (C=O) groups is 1. The minimum atomic E-state index is -3.52. The third kappa shape index (κ3) is 5.38. The number of hydrogen-bond acceptors (Lipinski definition) is 6. The van der Waals surface area contributed by atoms with Crippen LogP contribution in [0.15, 0.2) is 40.3 Å². The molecule has 3 rings (SSSR count). The SMILES string of the molecule is Cc1c(/C=N\NC(=O)CCc2ccc(S(=O)(=O)N3CCOCC3)cc2)cc(C#N)n1C. The van der Waals surface area contributed by atoms with E-state index in [1.54, 1.807) is 41.9 Å². The zero-order chi connectivity index (χ0) is 22.4. The molecule has 2 aromatic rings. The van der Waals surface area contributed by atoms with Crippen molar-refractivity contribution in [2.24, 2.45) is 12.1 Å². The summed E-state index contributed by atoms with van der Waals surface area (Å²) in [7, 11) is -1.73. The molecule has 1 amide bonds. The molecule has 0 spiro atoms. The number of aromatic nitrogens is 1. The molecule has 0 saturated carbocycles. The molecular formula is C21H25N5O4S. The van der Waals surface area contributed by atoms with E-state index >= 15 is 0 Å². The lowest BCUT2D eigenvalue weighted by Gasteiger charge is -2.26. The fourth-order valence-electron chi connectivity index (χ4n) is 3.21. The van der Waals surface area contributed by atoms with Crippen LogP contribution in [0.2, 0.25) is 0 Å². The lowest BCUT2D eigenvalue weighted by molar-refractivity contribution is -0.121. The maximum Gasteiger partial charge on any atom is 0.243 e. The van der Waals surface area contributed by atoms with Gasteiger partial charge in [-0.15, -0.1) is 0 Å². The number of rotatable bonds is 7. The summed E-state index contributed by atoms with van der Waals surface area (Å²) in [6, 6.07) is 10.4. The lowest BCUT2D eigenvalue weighted by Crippen LogP contribution is -2.40. The van der Waals surface area contributed by atoms with E-state index in [4.69, 9.17) is 10.00 Å². The Morgan fingerprint density at radius 3 is 2.58 bits per heavy atom. The van der Waals surface area contributed by atoms with Gasteiger partial charge in [-0.2, -0.15) is 14.7 Å². The number of nitrogens with zero attached hydrogens (tertiary/aromatic N) is 4. The van der Waals surface area contributed by atoms with Crippen LogP contribution in [-0.2, 0) is 33.0 Å². The Morgan fingerprint density at radius 2 is 1.97 bits per heavy atom. The summed E-state index contributed by atoms with van der Waals surface area (Å²) in [5.74, 6) is -0.254. The van der Waals surface area contributed by atoms with E-state index in [2.05, 4.69) is 16.6 Å². The second-order valence-electron chi connectivity index (χ2n) is 7.19. The molecule has 1 aromatic carbocycles. The number of benzene rings is 1. The predicted molar refractivity (Wildman–Crippen MR) is 115 cm³/mol. The number of hydrogen-bond donors (Lipinski definition) is 1. The van der Waals surface area contributed by atoms with Crippen LogP contribution in [0, 0.1) is 18.3 Å². The van der Waals surface area contributed by atoms with Gasteiger partial charge in [0, 0.05) is 37.8 Å². The minimum absolute atomic E-state index is 0.212. The Labute approximate surface area is 182 Å². The van der Waals surface area contributed by atoms with E-state index in [9.17, 15) is 13.2 Å². The molecule has 9 nitrogen and oxygen atoms in total. The Bertz CT molecular complexity index is 1110. The van der Waals surface area contributed by atoms with Gasteiger partial charge in [0.25, 0.3) is 0 Å². The molecule has 1 saturated heterocycles. The highest BCUT2D eigenvalue weighted by atomic mass is 32.2. The molecular weight excluding hydrogens is 418 g/mol. The average Bonchev–Trinajstić information content (AvgIpc) is 3.06. The number of ether oxygens (including phenoxy) is 1. The van der Waals surface area contributed by atoms with Gasteiger partial charge >= 0.3 is 0 Å². The number of nitrogens with one attached hydrogen (secondary N) is 1. The van der Waals surface area contributed by atoms with Crippen LogP contribution in [0.25, 0.3) is 0 Å². The Kier molecular flexibility index (Phi) is 7.22. The predicted octanol–water partition coefficient (Wildman–Crippen LogP) is 1.31. The molecule has 1 aliphatic rings. The van der Waals surface area contributed by atoms with E-state index in [1.807, 2.05) is 6.92 Å². The summed E-state index contributed by atoms with van der Waals surface area (Å²) in [5, 5.41) is 13.0. The molecule has 1 aromatic heterocycles. The molecule has 2 heterocycles. The van der Waals surface area contributed by atoms with Crippen molar-refractivity contribution in [3.63, 3.8) is 0 Å². The Balaban J connectivity index is 1.52. The summed E-state index contributed by atoms with van der Waals surface area (Å²) in [4.78, 5) is 12.3. The first-order valence-corrected chi connectivity index (χ1v) is 11.3. The van der Waals surface area contributed by atoms with Crippen molar-refractivity contribution in [3.05, 3.63) is 52.8 Å². The number of aryl methyl sites for hydroxylation is 1. The minimum Gasteiger partial charge on any atom is -0.379 e. The average molecular weight is 444 g/mol. The molecule has 0 unspecified atom stereocenters. The van der Waals surface area contributed by atoms with Gasteiger partial charge in [0.1, 0.15) is 11.8 Å². The van der Waals surface area contributed by atoms with Gasteiger partial charge in [0.2, 0.25) is 15.9 Å². The number of amides is 1. The molecule has 0 bridgehead atoms. The van der Waals surface area contributed by atoms with Crippen molar-refractivity contribution in [2.75, 3.05) is 26.3 Å². The van der Waals surface area contributed by atoms with E-state index in [0.717, 1.165) is 16.8 Å². The van der Waals surface area contributed by atoms with Crippen LogP contribution in [0.1, 0.15) is 28.9 Å². The second kappa shape index (κ2) is 9.87. The smallest absolute Gasteiger partial charge is 0.243 e. The van der Waals surface area contributed by atoms with Gasteiger partial charge in [0.15, 0.2) is 0 Å². The summed E-state index contributed by atoms with van der Waals surface area (Å²) in [6.45, 7) is 3.37. The summed E-state index contributed by atoms with van der Waals surface area (Å²) in [6.07, 6.45) is 2.19. The maximum absolute atomic E-state index is 12.6. The second-order valence-corrected chi connectivity index (χ2v) is 9.13. The van der Waals surface area contributed by atoms with Crippen LogP contribution in [0.3, 0.4) is 0 Å². The highest BCUT2D eigenvalue weighted by Gasteiger charge is 2.26. The molecule has 1 fully saturated rings. The quantitative estimate of drug-likeness (QED) is 0.511. The topological polar surface area (TPSA) is 117 Å². The summed E-state index contributed by atoms with van der Waals surface area (Å²) < 4.78 is 33.7. The zero-order valence-electron chi connectivity index (χ0n) is 17.5. The third-order valence-electron chi connectivity index (χ3n) is 5.25. The summed E-state index contributed by atoms with van der Waals surface area (Å²) in [5.41, 5.74) is 5.49. The largest absolute Gasteiger partial charge is 0.379 e. The van der Waals surface area contributed by atoms with Crippen molar-refractivity contribution >= 4 is 22.1 Å². The molecule has 0 aliphatic carbocycles. The van der Waals surface area contributed by atoms with E-state index in [-0.39, 0.29) is 17.2 Å². The number of hydrazone groups is 1. The standard InChI is InChI=1S/C21H25N5O4S/c1-16-18(13-19(14-22)25(16)2)15-23-24-21(27)8-5-17-3-6-20(7-4-17)31(28,29)26-9-11-30-12-10-26/h3-4,6-7,13,15H,5,8-12H2,1-2H3,(H,24,27)/b23-15-. The van der Waals surface area contributed by atoms with Gasteiger partial charge in [-0.05, 0) is 37.1 Å². The van der Waals surface area contributed by atoms with E-state index in [1.165, 1.54) is 10.5 Å². The normalized spacial score (nSPS) is 15.1.